The molecule has 0 aliphatic heterocycles. The molecule has 0 fully saturated rings. The van der Waals surface area contributed by atoms with Gasteiger partial charge in [-0.15, -0.1) is 0 Å². The molecule has 0 saturated heterocycles. The Labute approximate surface area is 205 Å². The van der Waals surface area contributed by atoms with Crippen molar-refractivity contribution in [3.8, 4) is 16.9 Å². The number of methoxy groups -OCH3 is 1. The summed E-state index contributed by atoms with van der Waals surface area (Å²) in [7, 11) is -1.16. The highest BCUT2D eigenvalue weighted by molar-refractivity contribution is 9.10. The number of Topliss-reactive ketones (excluding diaryl/α,β-unsaturated/α-hetero) is 1. The van der Waals surface area contributed by atoms with E-state index in [1.165, 1.54) is 21.0 Å². The molecule has 2 rings (SSSR count). The molecule has 0 atom stereocenters. The first-order chi connectivity index (χ1) is 15.3. The number of benzene rings is 1. The molecule has 0 aliphatic carbocycles. The average Bonchev–Trinajstić information content (AvgIpc) is 3.00. The smallest absolute Gasteiger partial charge is 0.354 e. The SMILES string of the molecule is COC(=O)c1c(-c2ccc(OC(C)=O)cc2)c(Br)c(C(C)=O)n1[Si](C(C)C)(C(C)C)C(C)C. The Morgan fingerprint density at radius 1 is 0.879 bits per heavy atom. The monoisotopic (exact) mass is 535 g/mol. The molecule has 0 N–H and O–H groups in total. The number of hydrogen-bond donors (Lipinski definition) is 0. The Morgan fingerprint density at radius 2 is 1.36 bits per heavy atom. The van der Waals surface area contributed by atoms with E-state index < -0.39 is 20.2 Å². The molecule has 2 aromatic rings. The van der Waals surface area contributed by atoms with E-state index in [0.29, 0.717) is 27.2 Å². The first-order valence-corrected chi connectivity index (χ1v) is 14.1. The summed E-state index contributed by atoms with van der Waals surface area (Å²) < 4.78 is 13.0. The zero-order valence-electron chi connectivity index (χ0n) is 20.9. The lowest BCUT2D eigenvalue weighted by atomic mass is 10.1. The maximum Gasteiger partial charge on any atom is 0.354 e. The number of ketones is 1. The molecular weight excluding hydrogens is 502 g/mol. The fourth-order valence-electron chi connectivity index (χ4n) is 5.43. The van der Waals surface area contributed by atoms with Crippen LogP contribution in [0.3, 0.4) is 0 Å². The number of carbonyl (C=O) groups excluding carboxylic acids is 3. The van der Waals surface area contributed by atoms with Gasteiger partial charge < -0.3 is 13.7 Å². The summed E-state index contributed by atoms with van der Waals surface area (Å²) in [5.74, 6) is -0.607. The lowest BCUT2D eigenvalue weighted by molar-refractivity contribution is -0.131. The van der Waals surface area contributed by atoms with Crippen LogP contribution in [0, 0.1) is 0 Å². The van der Waals surface area contributed by atoms with Gasteiger partial charge in [-0.25, -0.2) is 4.79 Å². The van der Waals surface area contributed by atoms with Crippen LogP contribution in [0.2, 0.25) is 16.6 Å². The highest BCUT2D eigenvalue weighted by Gasteiger charge is 2.50. The molecule has 0 spiro atoms. The van der Waals surface area contributed by atoms with E-state index in [2.05, 4.69) is 61.7 Å². The van der Waals surface area contributed by atoms with Crippen molar-refractivity contribution in [3.05, 3.63) is 40.1 Å². The summed E-state index contributed by atoms with van der Waals surface area (Å²) in [6, 6.07) is 6.91. The van der Waals surface area contributed by atoms with Crippen LogP contribution in [0.4, 0.5) is 0 Å². The number of ether oxygens (including phenoxy) is 2. The van der Waals surface area contributed by atoms with Crippen LogP contribution >= 0.6 is 15.9 Å². The van der Waals surface area contributed by atoms with Gasteiger partial charge in [-0.05, 0) is 50.2 Å². The van der Waals surface area contributed by atoms with E-state index in [0.717, 1.165) is 5.56 Å². The van der Waals surface area contributed by atoms with Gasteiger partial charge in [0.2, 0.25) is 0 Å². The third-order valence-electron chi connectivity index (χ3n) is 6.39. The summed E-state index contributed by atoms with van der Waals surface area (Å²) >= 11 is 3.67. The predicted molar refractivity (Wildman–Crippen MR) is 137 cm³/mol. The van der Waals surface area contributed by atoms with Crippen molar-refractivity contribution in [3.63, 3.8) is 0 Å². The van der Waals surface area contributed by atoms with E-state index in [9.17, 15) is 14.4 Å². The maximum absolute atomic E-state index is 13.3. The molecular formula is C25H34BrNO5Si. The van der Waals surface area contributed by atoms with Gasteiger partial charge in [0.25, 0.3) is 0 Å². The Hall–Kier alpha value is -2.19. The van der Waals surface area contributed by atoms with Crippen molar-refractivity contribution in [1.29, 1.82) is 0 Å². The molecule has 180 valence electrons. The van der Waals surface area contributed by atoms with Gasteiger partial charge in [0.05, 0.1) is 17.3 Å². The highest BCUT2D eigenvalue weighted by Crippen LogP contribution is 2.49. The van der Waals surface area contributed by atoms with Crippen molar-refractivity contribution in [2.45, 2.75) is 72.0 Å². The quantitative estimate of drug-likeness (QED) is 0.160. The third-order valence-corrected chi connectivity index (χ3v) is 13.9. The summed E-state index contributed by atoms with van der Waals surface area (Å²) in [4.78, 5) is 37.7. The van der Waals surface area contributed by atoms with Gasteiger partial charge in [-0.1, -0.05) is 53.7 Å². The van der Waals surface area contributed by atoms with Crippen molar-refractivity contribution in [2.75, 3.05) is 7.11 Å². The summed E-state index contributed by atoms with van der Waals surface area (Å²) in [5.41, 5.74) is 2.96. The number of hydrogen-bond acceptors (Lipinski definition) is 5. The molecule has 1 heterocycles. The van der Waals surface area contributed by atoms with Gasteiger partial charge >= 0.3 is 11.9 Å². The van der Waals surface area contributed by atoms with Crippen LogP contribution in [-0.4, -0.2) is 37.3 Å². The van der Waals surface area contributed by atoms with Crippen LogP contribution in [0.1, 0.15) is 76.4 Å². The van der Waals surface area contributed by atoms with Crippen molar-refractivity contribution in [1.82, 2.24) is 4.23 Å². The van der Waals surface area contributed by atoms with Gasteiger partial charge in [-0.2, -0.15) is 0 Å². The van der Waals surface area contributed by atoms with E-state index in [-0.39, 0.29) is 22.4 Å². The molecule has 1 aromatic heterocycles. The fraction of sp³-hybridized carbons (Fsp3) is 0.480. The molecule has 33 heavy (non-hydrogen) atoms. The Morgan fingerprint density at radius 3 is 1.73 bits per heavy atom. The zero-order valence-corrected chi connectivity index (χ0v) is 23.5. The van der Waals surface area contributed by atoms with Crippen LogP contribution < -0.4 is 4.74 Å². The van der Waals surface area contributed by atoms with Crippen LogP contribution in [-0.2, 0) is 9.53 Å². The van der Waals surface area contributed by atoms with Crippen LogP contribution in [0.25, 0.3) is 11.1 Å². The minimum absolute atomic E-state index is 0.117. The summed E-state index contributed by atoms with van der Waals surface area (Å²) in [6.07, 6.45) is 0. The van der Waals surface area contributed by atoms with Crippen molar-refractivity contribution >= 4 is 41.9 Å². The number of rotatable bonds is 8. The molecule has 8 heteroatoms. The number of aromatic nitrogens is 1. The molecule has 0 amide bonds. The third kappa shape index (κ3) is 4.73. The number of esters is 2. The molecule has 0 radical (unpaired) electrons. The van der Waals surface area contributed by atoms with Gasteiger partial charge in [0, 0.05) is 19.4 Å². The van der Waals surface area contributed by atoms with Gasteiger partial charge in [0.1, 0.15) is 11.4 Å². The minimum Gasteiger partial charge on any atom is -0.464 e. The molecule has 0 bridgehead atoms. The van der Waals surface area contributed by atoms with Gasteiger partial charge in [0.15, 0.2) is 14.0 Å². The summed E-state index contributed by atoms with van der Waals surface area (Å²) in [6.45, 7) is 15.9. The highest BCUT2D eigenvalue weighted by atomic mass is 79.9. The lowest BCUT2D eigenvalue weighted by Crippen LogP contribution is -2.54. The second-order valence-corrected chi connectivity index (χ2v) is 15.7. The molecule has 0 aliphatic rings. The zero-order chi connectivity index (χ0) is 25.2. The van der Waals surface area contributed by atoms with E-state index >= 15 is 0 Å². The Kier molecular flexibility index (Phi) is 8.51. The first-order valence-electron chi connectivity index (χ1n) is 11.1. The molecule has 6 nitrogen and oxygen atoms in total. The standard InChI is InChI=1S/C25H34BrNO5Si/c1-14(2)33(15(3)4,16(5)6)27-23(17(7)28)22(26)21(24(27)25(30)31-9)19-10-12-20(13-11-19)32-18(8)29/h10-16H,1-9H3. The van der Waals surface area contributed by atoms with Crippen molar-refractivity contribution < 1.29 is 23.9 Å². The van der Waals surface area contributed by atoms with E-state index in [1.807, 2.05) is 0 Å². The predicted octanol–water partition coefficient (Wildman–Crippen LogP) is 6.86. The molecule has 0 saturated carbocycles. The normalized spacial score (nSPS) is 11.9. The topological polar surface area (TPSA) is 74.6 Å². The largest absolute Gasteiger partial charge is 0.464 e. The molecule has 1 aromatic carbocycles. The second-order valence-electron chi connectivity index (χ2n) is 9.24. The van der Waals surface area contributed by atoms with E-state index in [4.69, 9.17) is 9.47 Å². The van der Waals surface area contributed by atoms with E-state index in [1.54, 1.807) is 24.3 Å². The molecule has 0 unspecified atom stereocenters. The second kappa shape index (κ2) is 10.4. The maximum atomic E-state index is 13.3. The fourth-order valence-corrected chi connectivity index (χ4v) is 13.3. The minimum atomic E-state index is -2.52. The van der Waals surface area contributed by atoms with Crippen molar-refractivity contribution in [2.24, 2.45) is 0 Å². The number of nitrogens with zero attached hydrogens (tertiary/aromatic N) is 1. The Balaban J connectivity index is 3.05. The van der Waals surface area contributed by atoms with Crippen LogP contribution in [0.15, 0.2) is 28.7 Å². The Bertz CT molecular complexity index is 1030. The number of halogens is 1. The average molecular weight is 537 g/mol. The summed E-state index contributed by atoms with van der Waals surface area (Å²) in [5, 5.41) is 0. The first kappa shape index (κ1) is 27.1. The van der Waals surface area contributed by atoms with Crippen LogP contribution in [0.5, 0.6) is 5.75 Å². The number of carbonyl (C=O) groups is 3. The van der Waals surface area contributed by atoms with Gasteiger partial charge in [-0.3, -0.25) is 9.59 Å². The lowest BCUT2D eigenvalue weighted by Gasteiger charge is -2.45.